The van der Waals surface area contributed by atoms with E-state index in [4.69, 9.17) is 27.9 Å². The van der Waals surface area contributed by atoms with Crippen LogP contribution in [0.1, 0.15) is 54.6 Å². The fourth-order valence-electron chi connectivity index (χ4n) is 6.06. The van der Waals surface area contributed by atoms with E-state index in [2.05, 4.69) is 31.4 Å². The lowest BCUT2D eigenvalue weighted by Gasteiger charge is -2.44. The van der Waals surface area contributed by atoms with Crippen LogP contribution < -0.4 is 10.6 Å². The van der Waals surface area contributed by atoms with Gasteiger partial charge in [-0.3, -0.25) is 9.69 Å². The number of hydrogen-bond acceptors (Lipinski definition) is 5. The van der Waals surface area contributed by atoms with Crippen LogP contribution >= 0.6 is 23.2 Å². The topological polar surface area (TPSA) is 70.7 Å². The van der Waals surface area contributed by atoms with Gasteiger partial charge in [0.05, 0.1) is 29.8 Å². The molecule has 1 fully saturated rings. The van der Waals surface area contributed by atoms with E-state index in [9.17, 15) is 9.59 Å². The minimum Gasteiger partial charge on any atom is -0.465 e. The molecular formula is C32H35Cl2F2N3O3. The molecule has 4 rings (SSSR count). The zero-order valence-corrected chi connectivity index (χ0v) is 25.7. The number of halogens is 4. The Labute approximate surface area is 255 Å². The van der Waals surface area contributed by atoms with Crippen LogP contribution in [0.15, 0.2) is 60.7 Å². The SMILES string of the molecule is CNC1(c2ccc(Cl)cc2F)C(c2cccc(Cl)c2F)CN(CC(=O)Nc2ccc(C(=O)OC)cc2)C1CC(C)(C)C. The zero-order chi connectivity index (χ0) is 30.8. The molecule has 1 aliphatic heterocycles. The van der Waals surface area contributed by atoms with Gasteiger partial charge in [-0.2, -0.15) is 0 Å². The van der Waals surface area contributed by atoms with E-state index >= 15 is 8.78 Å². The van der Waals surface area contributed by atoms with Crippen molar-refractivity contribution in [3.63, 3.8) is 0 Å². The van der Waals surface area contributed by atoms with E-state index in [0.717, 1.165) is 0 Å². The van der Waals surface area contributed by atoms with Gasteiger partial charge in [-0.05, 0) is 66.9 Å². The normalized spacial score (nSPS) is 20.9. The molecule has 6 nitrogen and oxygen atoms in total. The molecule has 0 radical (unpaired) electrons. The molecule has 0 spiro atoms. The summed E-state index contributed by atoms with van der Waals surface area (Å²) in [7, 11) is 3.03. The molecule has 0 aliphatic carbocycles. The van der Waals surface area contributed by atoms with Crippen LogP contribution in [0, 0.1) is 17.0 Å². The molecule has 3 aromatic rings. The summed E-state index contributed by atoms with van der Waals surface area (Å²) in [5.41, 5.74) is 0.128. The number of hydrogen-bond donors (Lipinski definition) is 2. The van der Waals surface area contributed by atoms with Gasteiger partial charge in [-0.15, -0.1) is 0 Å². The van der Waals surface area contributed by atoms with Crippen molar-refractivity contribution in [1.82, 2.24) is 10.2 Å². The Bertz CT molecular complexity index is 1460. The van der Waals surface area contributed by atoms with Gasteiger partial charge < -0.3 is 15.4 Å². The molecule has 10 heteroatoms. The number of methoxy groups -OCH3 is 1. The first-order valence-corrected chi connectivity index (χ1v) is 14.4. The second-order valence-electron chi connectivity index (χ2n) is 11.8. The van der Waals surface area contributed by atoms with Crippen molar-refractivity contribution in [2.24, 2.45) is 5.41 Å². The molecule has 0 bridgehead atoms. The van der Waals surface area contributed by atoms with Crippen molar-refractivity contribution >= 4 is 40.8 Å². The monoisotopic (exact) mass is 617 g/mol. The molecule has 2 N–H and O–H groups in total. The number of amides is 1. The molecule has 42 heavy (non-hydrogen) atoms. The summed E-state index contributed by atoms with van der Waals surface area (Å²) in [6, 6.07) is 15.2. The largest absolute Gasteiger partial charge is 0.465 e. The Balaban J connectivity index is 1.79. The quantitative estimate of drug-likeness (QED) is 0.266. The lowest BCUT2D eigenvalue weighted by atomic mass is 9.69. The lowest BCUT2D eigenvalue weighted by molar-refractivity contribution is -0.117. The van der Waals surface area contributed by atoms with Gasteiger partial charge >= 0.3 is 5.97 Å². The van der Waals surface area contributed by atoms with E-state index in [1.807, 2.05) is 4.90 Å². The summed E-state index contributed by atoms with van der Waals surface area (Å²) in [4.78, 5) is 27.2. The number of esters is 1. The van der Waals surface area contributed by atoms with Crippen LogP contribution in [0.5, 0.6) is 0 Å². The minimum absolute atomic E-state index is 0.0342. The summed E-state index contributed by atoms with van der Waals surface area (Å²) >= 11 is 12.4. The molecule has 224 valence electrons. The van der Waals surface area contributed by atoms with Crippen LogP contribution in [0.3, 0.4) is 0 Å². The maximum Gasteiger partial charge on any atom is 0.337 e. The number of nitrogens with zero attached hydrogens (tertiary/aromatic N) is 1. The van der Waals surface area contributed by atoms with Gasteiger partial charge in [0, 0.05) is 34.8 Å². The molecule has 1 heterocycles. The second kappa shape index (κ2) is 12.7. The molecule has 3 atom stereocenters. The third kappa shape index (κ3) is 6.47. The smallest absolute Gasteiger partial charge is 0.337 e. The highest BCUT2D eigenvalue weighted by molar-refractivity contribution is 6.31. The number of likely N-dealkylation sites (tertiary alicyclic amines) is 1. The lowest BCUT2D eigenvalue weighted by Crippen LogP contribution is -2.55. The predicted molar refractivity (Wildman–Crippen MR) is 162 cm³/mol. The van der Waals surface area contributed by atoms with Crippen molar-refractivity contribution in [1.29, 1.82) is 0 Å². The van der Waals surface area contributed by atoms with Crippen LogP contribution in [-0.4, -0.2) is 50.1 Å². The van der Waals surface area contributed by atoms with Crippen molar-refractivity contribution in [3.05, 3.63) is 99.0 Å². The Morgan fingerprint density at radius 3 is 2.36 bits per heavy atom. The van der Waals surface area contributed by atoms with E-state index in [1.165, 1.54) is 19.2 Å². The highest BCUT2D eigenvalue weighted by atomic mass is 35.5. The molecule has 0 saturated carbocycles. The average molecular weight is 619 g/mol. The standard InChI is InChI=1S/C32H35Cl2F2N3O3/c1-31(2,3)16-27-32(37-4,23-14-11-20(33)15-26(23)35)24(22-7-6-8-25(34)29(22)36)17-39(27)18-28(40)38-21-12-9-19(10-13-21)30(41)42-5/h6-15,24,27,37H,16-18H2,1-5H3,(H,38,40). The third-order valence-electron chi connectivity index (χ3n) is 7.82. The minimum atomic E-state index is -1.14. The number of carbonyl (C=O) groups excluding carboxylic acids is 2. The molecule has 1 aliphatic rings. The summed E-state index contributed by atoms with van der Waals surface area (Å²) < 4.78 is 36.2. The van der Waals surface area contributed by atoms with Crippen molar-refractivity contribution in [2.45, 2.75) is 44.7 Å². The van der Waals surface area contributed by atoms with Gasteiger partial charge in [-0.25, -0.2) is 13.6 Å². The first-order valence-electron chi connectivity index (χ1n) is 13.6. The average Bonchev–Trinajstić information content (AvgIpc) is 3.21. The summed E-state index contributed by atoms with van der Waals surface area (Å²) in [5.74, 6) is -2.51. The Kier molecular flexibility index (Phi) is 9.62. The first kappa shape index (κ1) is 31.9. The summed E-state index contributed by atoms with van der Waals surface area (Å²) in [6.07, 6.45) is 0.551. The molecule has 3 aromatic carbocycles. The first-order chi connectivity index (χ1) is 19.8. The summed E-state index contributed by atoms with van der Waals surface area (Å²) in [5, 5.41) is 6.47. The maximum absolute atomic E-state index is 15.8. The van der Waals surface area contributed by atoms with Gasteiger partial charge in [0.15, 0.2) is 0 Å². The molecule has 3 unspecified atom stereocenters. The van der Waals surface area contributed by atoms with E-state index in [0.29, 0.717) is 28.8 Å². The Morgan fingerprint density at radius 1 is 1.07 bits per heavy atom. The number of nitrogens with one attached hydrogen (secondary N) is 2. The van der Waals surface area contributed by atoms with Gasteiger partial charge in [0.2, 0.25) is 5.91 Å². The number of ether oxygens (including phenoxy) is 1. The number of likely N-dealkylation sites (N-methyl/N-ethyl adjacent to an activating group) is 1. The Hall–Kier alpha value is -3.04. The predicted octanol–water partition coefficient (Wildman–Crippen LogP) is 7.02. The summed E-state index contributed by atoms with van der Waals surface area (Å²) in [6.45, 7) is 6.41. The molecule has 1 saturated heterocycles. The number of anilines is 1. The molecule has 0 aromatic heterocycles. The van der Waals surface area contributed by atoms with E-state index in [-0.39, 0.29) is 34.5 Å². The zero-order valence-electron chi connectivity index (χ0n) is 24.2. The fourth-order valence-corrected chi connectivity index (χ4v) is 6.40. The van der Waals surface area contributed by atoms with Crippen molar-refractivity contribution < 1.29 is 23.1 Å². The maximum atomic E-state index is 15.8. The molecule has 1 amide bonds. The van der Waals surface area contributed by atoms with Crippen LogP contribution in [0.2, 0.25) is 10.0 Å². The van der Waals surface area contributed by atoms with Gasteiger partial charge in [-0.1, -0.05) is 62.2 Å². The highest BCUT2D eigenvalue weighted by Crippen LogP contribution is 2.52. The Morgan fingerprint density at radius 2 is 1.76 bits per heavy atom. The third-order valence-corrected chi connectivity index (χ3v) is 8.35. The number of benzene rings is 3. The van der Waals surface area contributed by atoms with E-state index in [1.54, 1.807) is 55.6 Å². The van der Waals surface area contributed by atoms with Gasteiger partial charge in [0.25, 0.3) is 0 Å². The number of rotatable bonds is 8. The highest BCUT2D eigenvalue weighted by Gasteiger charge is 2.57. The molecular weight excluding hydrogens is 583 g/mol. The van der Waals surface area contributed by atoms with Crippen molar-refractivity contribution in [3.8, 4) is 0 Å². The van der Waals surface area contributed by atoms with E-state index < -0.39 is 35.1 Å². The second-order valence-corrected chi connectivity index (χ2v) is 12.6. The van der Waals surface area contributed by atoms with Crippen LogP contribution in [0.4, 0.5) is 14.5 Å². The van der Waals surface area contributed by atoms with Gasteiger partial charge in [0.1, 0.15) is 11.6 Å². The van der Waals surface area contributed by atoms with Crippen LogP contribution in [0.25, 0.3) is 0 Å². The fraction of sp³-hybridized carbons (Fsp3) is 0.375. The number of carbonyl (C=O) groups is 2. The van der Waals surface area contributed by atoms with Crippen molar-refractivity contribution in [2.75, 3.05) is 32.6 Å². The van der Waals surface area contributed by atoms with Crippen LogP contribution in [-0.2, 0) is 15.1 Å².